The van der Waals surface area contributed by atoms with E-state index in [1.54, 1.807) is 0 Å². The molecule has 1 saturated heterocycles. The van der Waals surface area contributed by atoms with Gasteiger partial charge in [-0.3, -0.25) is 0 Å². The molecule has 0 radical (unpaired) electrons. The molecule has 0 bridgehead atoms. The number of likely N-dealkylation sites (tertiary alicyclic amines) is 1. The lowest BCUT2D eigenvalue weighted by Gasteiger charge is -2.47. The Balaban J connectivity index is 1.29. The smallest absolute Gasteiger partial charge is 0.493 e. The van der Waals surface area contributed by atoms with Crippen LogP contribution in [0.4, 0.5) is 30.7 Å². The van der Waals surface area contributed by atoms with Gasteiger partial charge in [0.1, 0.15) is 17.3 Å². The van der Waals surface area contributed by atoms with Crippen molar-refractivity contribution in [1.29, 1.82) is 0 Å². The van der Waals surface area contributed by atoms with Gasteiger partial charge in [0, 0.05) is 18.2 Å². The molecule has 0 aromatic heterocycles. The van der Waals surface area contributed by atoms with Crippen LogP contribution in [0.1, 0.15) is 32.1 Å². The molecule has 4 rings (SSSR count). The number of nitrogens with zero attached hydrogens (tertiary/aromatic N) is 1. The van der Waals surface area contributed by atoms with Gasteiger partial charge in [0.05, 0.1) is 12.0 Å². The summed E-state index contributed by atoms with van der Waals surface area (Å²) < 4.78 is 124. The monoisotopic (exact) mass is 569 g/mol. The van der Waals surface area contributed by atoms with Crippen molar-refractivity contribution in [1.82, 2.24) is 4.90 Å². The number of piperidine rings is 1. The third kappa shape index (κ3) is 6.19. The summed E-state index contributed by atoms with van der Waals surface area (Å²) in [4.78, 5) is 1.87. The molecule has 2 aliphatic rings. The van der Waals surface area contributed by atoms with Gasteiger partial charge < -0.3 is 13.8 Å². The van der Waals surface area contributed by atoms with Crippen molar-refractivity contribution in [3.05, 3.63) is 48.3 Å². The maximum absolute atomic E-state index is 14.7. The van der Waals surface area contributed by atoms with E-state index < -0.39 is 38.8 Å². The molecule has 1 aliphatic carbocycles. The van der Waals surface area contributed by atoms with E-state index in [4.69, 9.17) is 4.74 Å². The standard InChI is InChI=1S/C25H26F7NO4S/c26-22-14-20(6-7-21(22)18-2-4-19(5-3-18)37-38(34,35)25(30,31)32)36-15-17-8-12-33(13-9-17)16-23(10-1-11-23)24(27,28)29/h2-7,14,17H,1,8-13,15-16H2. The molecule has 210 valence electrons. The normalized spacial score (nSPS) is 19.1. The minimum atomic E-state index is -5.81. The van der Waals surface area contributed by atoms with Crippen molar-refractivity contribution in [2.75, 3.05) is 26.2 Å². The topological polar surface area (TPSA) is 55.8 Å². The fraction of sp³-hybridized carbons (Fsp3) is 0.520. The number of rotatable bonds is 8. The second-order valence-corrected chi connectivity index (χ2v) is 11.3. The van der Waals surface area contributed by atoms with Gasteiger partial charge in [-0.05, 0) is 74.5 Å². The van der Waals surface area contributed by atoms with Crippen molar-refractivity contribution >= 4 is 10.1 Å². The van der Waals surface area contributed by atoms with Crippen LogP contribution in [0.2, 0.25) is 0 Å². The van der Waals surface area contributed by atoms with E-state index in [2.05, 4.69) is 4.18 Å². The fourth-order valence-corrected chi connectivity index (χ4v) is 5.23. The number of halogens is 7. The Hall–Kier alpha value is -2.54. The van der Waals surface area contributed by atoms with E-state index in [-0.39, 0.29) is 48.8 Å². The van der Waals surface area contributed by atoms with E-state index in [0.29, 0.717) is 32.4 Å². The van der Waals surface area contributed by atoms with Gasteiger partial charge in [0.25, 0.3) is 0 Å². The largest absolute Gasteiger partial charge is 0.534 e. The van der Waals surface area contributed by atoms with Crippen molar-refractivity contribution in [3.8, 4) is 22.6 Å². The Bertz CT molecular complexity index is 1220. The number of benzene rings is 2. The lowest BCUT2D eigenvalue weighted by atomic mass is 9.67. The highest BCUT2D eigenvalue weighted by molar-refractivity contribution is 7.88. The number of alkyl halides is 6. The predicted molar refractivity (Wildman–Crippen MR) is 124 cm³/mol. The summed E-state index contributed by atoms with van der Waals surface area (Å²) in [5.74, 6) is -0.848. The molecule has 38 heavy (non-hydrogen) atoms. The first-order valence-electron chi connectivity index (χ1n) is 12.0. The van der Waals surface area contributed by atoms with Gasteiger partial charge in [-0.25, -0.2) is 4.39 Å². The second kappa shape index (κ2) is 10.6. The van der Waals surface area contributed by atoms with Gasteiger partial charge in [0.2, 0.25) is 0 Å². The maximum Gasteiger partial charge on any atom is 0.534 e. The first-order chi connectivity index (χ1) is 17.7. The van der Waals surface area contributed by atoms with E-state index in [9.17, 15) is 39.2 Å². The molecule has 0 unspecified atom stereocenters. The first kappa shape index (κ1) is 28.5. The molecule has 2 fully saturated rings. The summed E-state index contributed by atoms with van der Waals surface area (Å²) in [6, 6.07) is 8.51. The number of hydrogen-bond donors (Lipinski definition) is 0. The third-order valence-corrected chi connectivity index (χ3v) is 8.21. The summed E-state index contributed by atoms with van der Waals surface area (Å²) in [6.07, 6.45) is -1.88. The molecule has 1 saturated carbocycles. The third-order valence-electron chi connectivity index (χ3n) is 7.23. The van der Waals surface area contributed by atoms with Crippen LogP contribution in [0, 0.1) is 17.2 Å². The zero-order valence-electron chi connectivity index (χ0n) is 20.1. The summed E-state index contributed by atoms with van der Waals surface area (Å²) in [6.45, 7) is 1.41. The molecular weight excluding hydrogens is 543 g/mol. The molecule has 0 amide bonds. The highest BCUT2D eigenvalue weighted by atomic mass is 32.2. The lowest BCUT2D eigenvalue weighted by Crippen LogP contribution is -2.53. The van der Waals surface area contributed by atoms with Crippen molar-refractivity contribution in [2.45, 2.75) is 43.8 Å². The molecule has 1 aliphatic heterocycles. The minimum absolute atomic E-state index is 0.0298. The molecule has 0 spiro atoms. The Morgan fingerprint density at radius 1 is 0.921 bits per heavy atom. The van der Waals surface area contributed by atoms with E-state index in [1.165, 1.54) is 24.3 Å². The minimum Gasteiger partial charge on any atom is -0.493 e. The quantitative estimate of drug-likeness (QED) is 0.205. The Morgan fingerprint density at radius 3 is 2.03 bits per heavy atom. The van der Waals surface area contributed by atoms with Crippen LogP contribution in [0.5, 0.6) is 11.5 Å². The molecule has 5 nitrogen and oxygen atoms in total. The Kier molecular flexibility index (Phi) is 7.91. The predicted octanol–water partition coefficient (Wildman–Crippen LogP) is 6.54. The molecule has 2 aromatic carbocycles. The Labute approximate surface area is 215 Å². The summed E-state index contributed by atoms with van der Waals surface area (Å²) >= 11 is 0. The van der Waals surface area contributed by atoms with Crippen LogP contribution < -0.4 is 8.92 Å². The zero-order chi connectivity index (χ0) is 27.8. The van der Waals surface area contributed by atoms with Crippen LogP contribution in [-0.2, 0) is 10.1 Å². The molecular formula is C25H26F7NO4S. The highest BCUT2D eigenvalue weighted by Crippen LogP contribution is 2.53. The Morgan fingerprint density at radius 2 is 1.53 bits per heavy atom. The van der Waals surface area contributed by atoms with Gasteiger partial charge >= 0.3 is 21.8 Å². The highest BCUT2D eigenvalue weighted by Gasteiger charge is 2.58. The number of hydrogen-bond acceptors (Lipinski definition) is 5. The van der Waals surface area contributed by atoms with Crippen LogP contribution >= 0.6 is 0 Å². The van der Waals surface area contributed by atoms with Gasteiger partial charge in [-0.1, -0.05) is 18.6 Å². The van der Waals surface area contributed by atoms with Crippen LogP contribution in [-0.4, -0.2) is 51.2 Å². The van der Waals surface area contributed by atoms with Crippen LogP contribution in [0.25, 0.3) is 11.1 Å². The average molecular weight is 570 g/mol. The lowest BCUT2D eigenvalue weighted by molar-refractivity contribution is -0.256. The zero-order valence-corrected chi connectivity index (χ0v) is 20.9. The molecule has 13 heteroatoms. The molecule has 0 atom stereocenters. The van der Waals surface area contributed by atoms with E-state index >= 15 is 0 Å². The van der Waals surface area contributed by atoms with E-state index in [0.717, 1.165) is 18.2 Å². The van der Waals surface area contributed by atoms with E-state index in [1.807, 2.05) is 4.90 Å². The van der Waals surface area contributed by atoms with Crippen molar-refractivity contribution in [3.63, 3.8) is 0 Å². The molecule has 0 N–H and O–H groups in total. The molecule has 2 aromatic rings. The number of ether oxygens (including phenoxy) is 1. The van der Waals surface area contributed by atoms with Gasteiger partial charge in [-0.2, -0.15) is 34.8 Å². The average Bonchev–Trinajstić information content (AvgIpc) is 2.80. The SMILES string of the molecule is O=S(=O)(Oc1ccc(-c2ccc(OCC3CCN(CC4(C(F)(F)F)CCC4)CC3)cc2F)cc1)C(F)(F)F. The maximum atomic E-state index is 14.7. The van der Waals surface area contributed by atoms with Crippen molar-refractivity contribution in [2.24, 2.45) is 11.3 Å². The summed E-state index contributed by atoms with van der Waals surface area (Å²) in [5, 5.41) is 0. The van der Waals surface area contributed by atoms with Gasteiger partial charge in [-0.15, -0.1) is 0 Å². The second-order valence-electron chi connectivity index (χ2n) is 9.81. The first-order valence-corrected chi connectivity index (χ1v) is 13.4. The van der Waals surface area contributed by atoms with Gasteiger partial charge in [0.15, 0.2) is 0 Å². The fourth-order valence-electron chi connectivity index (χ4n) is 4.77. The van der Waals surface area contributed by atoms with Crippen molar-refractivity contribution < 1.29 is 48.1 Å². The van der Waals surface area contributed by atoms with Crippen LogP contribution in [0.3, 0.4) is 0 Å². The summed E-state index contributed by atoms with van der Waals surface area (Å²) in [5.41, 5.74) is -6.76. The van der Waals surface area contributed by atoms with Crippen LogP contribution in [0.15, 0.2) is 42.5 Å². The molecule has 1 heterocycles. The summed E-state index contributed by atoms with van der Waals surface area (Å²) in [7, 11) is -5.81.